The minimum absolute atomic E-state index is 0. The fourth-order valence-electron chi connectivity index (χ4n) is 3.75. The van der Waals surface area contributed by atoms with Crippen LogP contribution in [-0.2, 0) is 11.3 Å². The fraction of sp³-hybridized carbons (Fsp3) is 0.706. The highest BCUT2D eigenvalue weighted by Crippen LogP contribution is 2.23. The first kappa shape index (κ1) is 25.1. The van der Waals surface area contributed by atoms with Gasteiger partial charge in [-0.3, -0.25) is 0 Å². The van der Waals surface area contributed by atoms with Gasteiger partial charge in [-0.05, 0) is 32.2 Å². The maximum atomic E-state index is 10.1. The summed E-state index contributed by atoms with van der Waals surface area (Å²) in [6.45, 7) is 4.98. The molecule has 0 saturated carbocycles. The minimum atomic E-state index is -0.219. The van der Waals surface area contributed by atoms with E-state index in [0.29, 0.717) is 0 Å². The number of hydrogen-bond donors (Lipinski definition) is 2. The lowest BCUT2D eigenvalue weighted by molar-refractivity contribution is 0.0909. The Kier molecular flexibility index (Phi) is 10.7. The average molecular weight is 456 g/mol. The van der Waals surface area contributed by atoms with E-state index in [0.717, 1.165) is 82.1 Å². The van der Waals surface area contributed by atoms with Gasteiger partial charge in [-0.25, -0.2) is 15.0 Å². The zero-order valence-corrected chi connectivity index (χ0v) is 18.1. The molecule has 0 amide bonds. The lowest BCUT2D eigenvalue weighted by Gasteiger charge is -2.29. The van der Waals surface area contributed by atoms with Crippen LogP contribution in [0.3, 0.4) is 0 Å². The van der Waals surface area contributed by atoms with Gasteiger partial charge in [-0.2, -0.15) is 0 Å². The number of anilines is 1. The van der Waals surface area contributed by atoms with Gasteiger partial charge in [-0.1, -0.05) is 0 Å². The van der Waals surface area contributed by atoms with Crippen molar-refractivity contribution in [2.75, 3.05) is 37.7 Å². The van der Waals surface area contributed by atoms with Gasteiger partial charge in [0.2, 0.25) is 0 Å². The van der Waals surface area contributed by atoms with Crippen LogP contribution in [0.1, 0.15) is 25.7 Å². The summed E-state index contributed by atoms with van der Waals surface area (Å²) in [5, 5.41) is 13.5. The van der Waals surface area contributed by atoms with Gasteiger partial charge < -0.3 is 24.6 Å². The Hall–Kier alpha value is -0.900. The van der Waals surface area contributed by atoms with Crippen LogP contribution in [0.2, 0.25) is 0 Å². The van der Waals surface area contributed by atoms with Crippen LogP contribution in [0.4, 0.5) is 5.82 Å². The van der Waals surface area contributed by atoms with Crippen molar-refractivity contribution in [2.45, 2.75) is 44.4 Å². The van der Waals surface area contributed by atoms with Crippen molar-refractivity contribution in [3.63, 3.8) is 0 Å². The number of morpholine rings is 1. The number of piperidine rings is 1. The number of imidazole rings is 1. The molecule has 0 bridgehead atoms. The van der Waals surface area contributed by atoms with Crippen LogP contribution in [0, 0.1) is 0 Å². The van der Waals surface area contributed by atoms with E-state index >= 15 is 0 Å². The predicted octanol–water partition coefficient (Wildman–Crippen LogP) is 1.82. The summed E-state index contributed by atoms with van der Waals surface area (Å²) in [6, 6.07) is 0.210. The molecule has 2 aliphatic heterocycles. The molecule has 8 nitrogen and oxygen atoms in total. The standard InChI is InChI=1S/C17H26N6O2.3ClH/c24-14-4-1-5-18-13(14)3-2-6-23-12-21-15-16(19-11-20-17(15)23)22-7-9-25-10-8-22;;;/h11-14,18,24H,1-10H2;3*1H. The Labute approximate surface area is 183 Å². The van der Waals surface area contributed by atoms with Gasteiger partial charge >= 0.3 is 0 Å². The Bertz CT molecular complexity index is 713. The summed E-state index contributed by atoms with van der Waals surface area (Å²) in [5.41, 5.74) is 1.74. The number of hydrogen-bond acceptors (Lipinski definition) is 7. The summed E-state index contributed by atoms with van der Waals surface area (Å²) in [5.74, 6) is 0.899. The highest BCUT2D eigenvalue weighted by atomic mass is 35.5. The van der Waals surface area contributed by atoms with E-state index in [4.69, 9.17) is 4.74 Å². The summed E-state index contributed by atoms with van der Waals surface area (Å²) in [7, 11) is 0. The smallest absolute Gasteiger partial charge is 0.165 e. The Morgan fingerprint density at radius 3 is 2.68 bits per heavy atom. The molecule has 2 fully saturated rings. The van der Waals surface area contributed by atoms with Crippen LogP contribution in [0.15, 0.2) is 12.7 Å². The van der Waals surface area contributed by atoms with Gasteiger partial charge in [0.1, 0.15) is 6.33 Å². The second-order valence-corrected chi connectivity index (χ2v) is 6.82. The van der Waals surface area contributed by atoms with Crippen LogP contribution >= 0.6 is 37.2 Å². The molecule has 0 spiro atoms. The number of aromatic nitrogens is 4. The monoisotopic (exact) mass is 454 g/mol. The first-order valence-electron chi connectivity index (χ1n) is 9.23. The van der Waals surface area contributed by atoms with Gasteiger partial charge in [0.05, 0.1) is 25.6 Å². The summed E-state index contributed by atoms with van der Waals surface area (Å²) in [6.07, 6.45) is 7.17. The lowest BCUT2D eigenvalue weighted by Crippen LogP contribution is -2.44. The third-order valence-electron chi connectivity index (χ3n) is 5.15. The normalized spacial score (nSPS) is 22.1. The molecular formula is C17H29Cl3N6O2. The number of nitrogens with one attached hydrogen (secondary N) is 1. The molecule has 0 aliphatic carbocycles. The maximum absolute atomic E-state index is 10.1. The number of fused-ring (bicyclic) bond motifs is 1. The number of aryl methyl sites for hydroxylation is 1. The van der Waals surface area contributed by atoms with Crippen molar-refractivity contribution in [1.82, 2.24) is 24.8 Å². The van der Waals surface area contributed by atoms with Crippen molar-refractivity contribution in [3.8, 4) is 0 Å². The SMILES string of the molecule is Cl.Cl.Cl.OC1CCCNC1CCCn1cnc2c(N3CCOCC3)ncnc21. The molecule has 2 aromatic rings. The van der Waals surface area contributed by atoms with Gasteiger partial charge in [-0.15, -0.1) is 37.2 Å². The van der Waals surface area contributed by atoms with E-state index in [-0.39, 0.29) is 49.4 Å². The third-order valence-corrected chi connectivity index (χ3v) is 5.15. The highest BCUT2D eigenvalue weighted by Gasteiger charge is 2.22. The Morgan fingerprint density at radius 2 is 1.93 bits per heavy atom. The zero-order valence-electron chi connectivity index (χ0n) is 15.7. The number of aliphatic hydroxyl groups is 1. The van der Waals surface area contributed by atoms with E-state index in [1.54, 1.807) is 6.33 Å². The molecule has 4 heterocycles. The van der Waals surface area contributed by atoms with Gasteiger partial charge in [0, 0.05) is 25.7 Å². The topological polar surface area (TPSA) is 88.3 Å². The molecule has 2 N–H and O–H groups in total. The second kappa shape index (κ2) is 11.9. The average Bonchev–Trinajstić information content (AvgIpc) is 3.07. The van der Waals surface area contributed by atoms with Gasteiger partial charge in [0.15, 0.2) is 17.0 Å². The molecule has 2 unspecified atom stereocenters. The van der Waals surface area contributed by atoms with E-state index in [2.05, 4.69) is 29.7 Å². The van der Waals surface area contributed by atoms with Crippen LogP contribution in [0.25, 0.3) is 11.2 Å². The predicted molar refractivity (Wildman–Crippen MR) is 116 cm³/mol. The first-order chi connectivity index (χ1) is 12.3. The Morgan fingerprint density at radius 1 is 1.14 bits per heavy atom. The molecule has 28 heavy (non-hydrogen) atoms. The molecule has 160 valence electrons. The molecular weight excluding hydrogens is 427 g/mol. The van der Waals surface area contributed by atoms with Crippen molar-refractivity contribution in [1.29, 1.82) is 0 Å². The number of ether oxygens (including phenoxy) is 1. The van der Waals surface area contributed by atoms with Gasteiger partial charge in [0.25, 0.3) is 0 Å². The maximum Gasteiger partial charge on any atom is 0.165 e. The third kappa shape index (κ3) is 5.58. The lowest BCUT2D eigenvalue weighted by atomic mass is 9.97. The number of halogens is 3. The molecule has 0 radical (unpaired) electrons. The fourth-order valence-corrected chi connectivity index (χ4v) is 3.75. The summed E-state index contributed by atoms with van der Waals surface area (Å²) >= 11 is 0. The minimum Gasteiger partial charge on any atom is -0.392 e. The molecule has 2 saturated heterocycles. The molecule has 0 aromatic carbocycles. The first-order valence-corrected chi connectivity index (χ1v) is 9.23. The molecule has 2 atom stereocenters. The summed E-state index contributed by atoms with van der Waals surface area (Å²) < 4.78 is 7.51. The molecule has 4 rings (SSSR count). The number of nitrogens with zero attached hydrogens (tertiary/aromatic N) is 5. The van der Waals surface area contributed by atoms with Crippen molar-refractivity contribution in [2.24, 2.45) is 0 Å². The highest BCUT2D eigenvalue weighted by molar-refractivity contribution is 5.86. The Balaban J connectivity index is 0.00000131. The number of aliphatic hydroxyl groups excluding tert-OH is 1. The zero-order chi connectivity index (χ0) is 17.1. The van der Waals surface area contributed by atoms with Crippen LogP contribution in [-0.4, -0.2) is 69.6 Å². The van der Waals surface area contributed by atoms with E-state index < -0.39 is 0 Å². The largest absolute Gasteiger partial charge is 0.392 e. The van der Waals surface area contributed by atoms with E-state index in [1.165, 1.54) is 0 Å². The van der Waals surface area contributed by atoms with E-state index in [1.807, 2.05) is 6.33 Å². The van der Waals surface area contributed by atoms with E-state index in [9.17, 15) is 5.11 Å². The number of rotatable bonds is 5. The molecule has 2 aromatic heterocycles. The van der Waals surface area contributed by atoms with Crippen LogP contribution < -0.4 is 10.2 Å². The van der Waals surface area contributed by atoms with Crippen LogP contribution in [0.5, 0.6) is 0 Å². The molecule has 2 aliphatic rings. The van der Waals surface area contributed by atoms with Crippen molar-refractivity contribution in [3.05, 3.63) is 12.7 Å². The van der Waals surface area contributed by atoms with Crippen molar-refractivity contribution < 1.29 is 9.84 Å². The quantitative estimate of drug-likeness (QED) is 0.711. The summed E-state index contributed by atoms with van der Waals surface area (Å²) in [4.78, 5) is 15.7. The second-order valence-electron chi connectivity index (χ2n) is 6.82. The molecule has 11 heteroatoms. The van der Waals surface area contributed by atoms with Crippen molar-refractivity contribution >= 4 is 54.2 Å².